The number of hydrogen-bond acceptors (Lipinski definition) is 5. The molecule has 1 aliphatic carbocycles. The molecule has 2 aliphatic rings. The Kier molecular flexibility index (Phi) is 6.75. The Balaban J connectivity index is 0.00000113. The summed E-state index contributed by atoms with van der Waals surface area (Å²) in [6.45, 7) is 0. The maximum absolute atomic E-state index is 12.4. The van der Waals surface area contributed by atoms with Crippen LogP contribution in [-0.2, 0) is 4.79 Å². The molecule has 0 bridgehead atoms. The van der Waals surface area contributed by atoms with Crippen LogP contribution in [0.1, 0.15) is 32.1 Å². The monoisotopic (exact) mass is 384 g/mol. The molecule has 1 amide bonds. The van der Waals surface area contributed by atoms with Gasteiger partial charge in [-0.15, -0.1) is 24.8 Å². The van der Waals surface area contributed by atoms with Gasteiger partial charge in [0.05, 0.1) is 17.9 Å². The number of amides is 1. The van der Waals surface area contributed by atoms with E-state index in [2.05, 4.69) is 25.7 Å². The zero-order valence-electron chi connectivity index (χ0n) is 13.7. The van der Waals surface area contributed by atoms with E-state index >= 15 is 0 Å². The molecule has 9 heteroatoms. The molecule has 2 N–H and O–H groups in total. The number of anilines is 1. The average Bonchev–Trinajstić information content (AvgIpc) is 3.25. The van der Waals surface area contributed by atoms with Crippen molar-refractivity contribution in [2.45, 2.75) is 44.2 Å². The molecule has 2 aromatic rings. The zero-order valence-corrected chi connectivity index (χ0v) is 15.3. The number of rotatable bonds is 3. The topological polar surface area (TPSA) is 84.7 Å². The standard InChI is InChI=1S/C16H20N6O.2ClH/c23-16(14-7-11-3-1-2-4-13(11)21-14)20-12-5-6-15(18-8-12)22-10-17-9-19-22;;/h5-6,8-11,13-14,21H,1-4,7H2,(H,20,23);2*1H. The first-order chi connectivity index (χ1) is 11.3. The van der Waals surface area contributed by atoms with Crippen molar-refractivity contribution in [2.24, 2.45) is 5.92 Å². The van der Waals surface area contributed by atoms with E-state index in [1.807, 2.05) is 12.1 Å². The lowest BCUT2D eigenvalue weighted by Crippen LogP contribution is -2.39. The third-order valence-electron chi connectivity index (χ3n) is 4.85. The molecular formula is C16H22Cl2N6O. The third-order valence-corrected chi connectivity index (χ3v) is 4.85. The second-order valence-corrected chi connectivity index (χ2v) is 6.34. The van der Waals surface area contributed by atoms with Crippen LogP contribution >= 0.6 is 24.8 Å². The fraction of sp³-hybridized carbons (Fsp3) is 0.500. The van der Waals surface area contributed by atoms with E-state index in [9.17, 15) is 4.79 Å². The molecule has 2 fully saturated rings. The highest BCUT2D eigenvalue weighted by Crippen LogP contribution is 2.33. The van der Waals surface area contributed by atoms with Crippen LogP contribution in [0, 0.1) is 5.92 Å². The number of nitrogens with one attached hydrogen (secondary N) is 2. The largest absolute Gasteiger partial charge is 0.323 e. The highest BCUT2D eigenvalue weighted by molar-refractivity contribution is 5.95. The number of carbonyl (C=O) groups is 1. The van der Waals surface area contributed by atoms with E-state index in [-0.39, 0.29) is 36.8 Å². The van der Waals surface area contributed by atoms with Gasteiger partial charge in [0.1, 0.15) is 12.7 Å². The predicted molar refractivity (Wildman–Crippen MR) is 99.6 cm³/mol. The SMILES string of the molecule is Cl.Cl.O=C(Nc1ccc(-n2cncn2)nc1)C1CC2CCCCC2N1. The van der Waals surface area contributed by atoms with E-state index in [0.29, 0.717) is 23.5 Å². The molecule has 3 heterocycles. The highest BCUT2D eigenvalue weighted by Gasteiger charge is 2.38. The van der Waals surface area contributed by atoms with Crippen LogP contribution < -0.4 is 10.6 Å². The van der Waals surface area contributed by atoms with Gasteiger partial charge < -0.3 is 10.6 Å². The van der Waals surface area contributed by atoms with Crippen LogP contribution in [-0.4, -0.2) is 37.7 Å². The van der Waals surface area contributed by atoms with Crippen molar-refractivity contribution < 1.29 is 4.79 Å². The summed E-state index contributed by atoms with van der Waals surface area (Å²) in [5, 5.41) is 10.5. The van der Waals surface area contributed by atoms with Gasteiger partial charge in [-0.05, 0) is 37.3 Å². The molecule has 0 aromatic carbocycles. The van der Waals surface area contributed by atoms with Gasteiger partial charge in [0.2, 0.25) is 5.91 Å². The van der Waals surface area contributed by atoms with Gasteiger partial charge >= 0.3 is 0 Å². The van der Waals surface area contributed by atoms with Gasteiger partial charge in [0, 0.05) is 6.04 Å². The molecule has 1 saturated carbocycles. The minimum atomic E-state index is -0.0851. The number of halogens is 2. The number of nitrogens with zero attached hydrogens (tertiary/aromatic N) is 4. The van der Waals surface area contributed by atoms with Crippen molar-refractivity contribution in [1.82, 2.24) is 25.1 Å². The molecular weight excluding hydrogens is 363 g/mol. The molecule has 3 atom stereocenters. The van der Waals surface area contributed by atoms with E-state index in [4.69, 9.17) is 0 Å². The van der Waals surface area contributed by atoms with Crippen molar-refractivity contribution in [2.75, 3.05) is 5.32 Å². The Labute approximate surface area is 158 Å². The summed E-state index contributed by atoms with van der Waals surface area (Å²) in [6, 6.07) is 4.08. The fourth-order valence-corrected chi connectivity index (χ4v) is 3.67. The number of fused-ring (bicyclic) bond motifs is 1. The van der Waals surface area contributed by atoms with Gasteiger partial charge in [0.25, 0.3) is 0 Å². The molecule has 3 unspecified atom stereocenters. The van der Waals surface area contributed by atoms with E-state index < -0.39 is 0 Å². The fourth-order valence-electron chi connectivity index (χ4n) is 3.67. The van der Waals surface area contributed by atoms with Crippen LogP contribution in [0.2, 0.25) is 0 Å². The Bertz CT molecular complexity index is 664. The normalized spacial score (nSPS) is 24.6. The molecule has 136 valence electrons. The first kappa shape index (κ1) is 19.6. The van der Waals surface area contributed by atoms with Crippen LogP contribution in [0.15, 0.2) is 31.0 Å². The molecule has 0 spiro atoms. The maximum Gasteiger partial charge on any atom is 0.241 e. The lowest BCUT2D eigenvalue weighted by Gasteiger charge is -2.24. The van der Waals surface area contributed by atoms with Crippen LogP contribution in [0.3, 0.4) is 0 Å². The van der Waals surface area contributed by atoms with Gasteiger partial charge in [0.15, 0.2) is 5.82 Å². The number of aromatic nitrogens is 4. The van der Waals surface area contributed by atoms with E-state index in [1.54, 1.807) is 17.2 Å². The highest BCUT2D eigenvalue weighted by atomic mass is 35.5. The van der Waals surface area contributed by atoms with Crippen LogP contribution in [0.25, 0.3) is 5.82 Å². The molecule has 1 aliphatic heterocycles. The van der Waals surface area contributed by atoms with Gasteiger partial charge in [-0.2, -0.15) is 5.10 Å². The number of hydrogen-bond donors (Lipinski definition) is 2. The maximum atomic E-state index is 12.4. The van der Waals surface area contributed by atoms with Crippen molar-refractivity contribution >= 4 is 36.4 Å². The lowest BCUT2D eigenvalue weighted by atomic mass is 9.85. The van der Waals surface area contributed by atoms with Crippen LogP contribution in [0.4, 0.5) is 5.69 Å². The van der Waals surface area contributed by atoms with Crippen molar-refractivity contribution in [3.05, 3.63) is 31.0 Å². The number of carbonyl (C=O) groups excluding carboxylic acids is 1. The average molecular weight is 385 g/mol. The molecule has 2 aromatic heterocycles. The second kappa shape index (κ2) is 8.60. The van der Waals surface area contributed by atoms with E-state index in [1.165, 1.54) is 32.0 Å². The molecule has 4 rings (SSSR count). The molecule has 1 saturated heterocycles. The molecule has 7 nitrogen and oxygen atoms in total. The van der Waals surface area contributed by atoms with Crippen molar-refractivity contribution in [3.63, 3.8) is 0 Å². The summed E-state index contributed by atoms with van der Waals surface area (Å²) in [5.41, 5.74) is 0.704. The summed E-state index contributed by atoms with van der Waals surface area (Å²) in [7, 11) is 0. The van der Waals surface area contributed by atoms with Gasteiger partial charge in [-0.25, -0.2) is 14.6 Å². The quantitative estimate of drug-likeness (QED) is 0.848. The van der Waals surface area contributed by atoms with E-state index in [0.717, 1.165) is 6.42 Å². The smallest absolute Gasteiger partial charge is 0.241 e. The first-order valence-electron chi connectivity index (χ1n) is 8.17. The molecule has 25 heavy (non-hydrogen) atoms. The van der Waals surface area contributed by atoms with Crippen molar-refractivity contribution in [1.29, 1.82) is 0 Å². The van der Waals surface area contributed by atoms with Crippen LogP contribution in [0.5, 0.6) is 0 Å². The minimum absolute atomic E-state index is 0. The Morgan fingerprint density at radius 3 is 2.76 bits per heavy atom. The minimum Gasteiger partial charge on any atom is -0.323 e. The van der Waals surface area contributed by atoms with Crippen molar-refractivity contribution in [3.8, 4) is 5.82 Å². The summed E-state index contributed by atoms with van der Waals surface area (Å²) < 4.78 is 1.58. The summed E-state index contributed by atoms with van der Waals surface area (Å²) >= 11 is 0. The van der Waals surface area contributed by atoms with Gasteiger partial charge in [-0.3, -0.25) is 4.79 Å². The Morgan fingerprint density at radius 2 is 2.08 bits per heavy atom. The lowest BCUT2D eigenvalue weighted by molar-refractivity contribution is -0.117. The number of pyridine rings is 1. The first-order valence-corrected chi connectivity index (χ1v) is 8.17. The van der Waals surface area contributed by atoms with Gasteiger partial charge in [-0.1, -0.05) is 12.8 Å². The predicted octanol–water partition coefficient (Wildman–Crippen LogP) is 2.37. The second-order valence-electron chi connectivity index (χ2n) is 6.34. The third kappa shape index (κ3) is 4.29. The Hall–Kier alpha value is -1.70. The Morgan fingerprint density at radius 1 is 1.24 bits per heavy atom. The molecule has 0 radical (unpaired) electrons. The summed E-state index contributed by atoms with van der Waals surface area (Å²) in [5.74, 6) is 1.37. The summed E-state index contributed by atoms with van der Waals surface area (Å²) in [6.07, 6.45) is 10.7. The summed E-state index contributed by atoms with van der Waals surface area (Å²) in [4.78, 5) is 20.6. The zero-order chi connectivity index (χ0) is 15.6.